The molecule has 5 heteroatoms. The number of aromatic nitrogens is 1. The van der Waals surface area contributed by atoms with Crippen LogP contribution in [0.25, 0.3) is 10.2 Å². The monoisotopic (exact) mass is 340 g/mol. The molecule has 4 nitrogen and oxygen atoms in total. The molecule has 0 aliphatic rings. The number of amides is 1. The van der Waals surface area contributed by atoms with Gasteiger partial charge in [0.1, 0.15) is 5.75 Å². The number of nitrogens with zero attached hydrogens (tertiary/aromatic N) is 1. The van der Waals surface area contributed by atoms with Crippen LogP contribution in [0.15, 0.2) is 42.5 Å². The molecule has 1 N–H and O–H groups in total. The fraction of sp³-hybridized carbons (Fsp3) is 0.263. The maximum Gasteiger partial charge on any atom is 0.226 e. The summed E-state index contributed by atoms with van der Waals surface area (Å²) in [5, 5.41) is 3.56. The third-order valence-electron chi connectivity index (χ3n) is 3.87. The molecule has 0 spiro atoms. The normalized spacial score (nSPS) is 10.8. The minimum absolute atomic E-state index is 0.0132. The molecule has 24 heavy (non-hydrogen) atoms. The van der Waals surface area contributed by atoms with Crippen molar-refractivity contribution in [2.75, 3.05) is 12.4 Å². The first-order valence-corrected chi connectivity index (χ1v) is 8.76. The predicted molar refractivity (Wildman–Crippen MR) is 98.9 cm³/mol. The van der Waals surface area contributed by atoms with Crippen LogP contribution < -0.4 is 10.1 Å². The summed E-state index contributed by atoms with van der Waals surface area (Å²) < 4.78 is 6.35. The van der Waals surface area contributed by atoms with Crippen LogP contribution in [0.4, 0.5) is 5.13 Å². The number of thiazole rings is 1. The zero-order valence-corrected chi connectivity index (χ0v) is 14.7. The van der Waals surface area contributed by atoms with E-state index in [1.54, 1.807) is 7.11 Å². The van der Waals surface area contributed by atoms with Gasteiger partial charge in [0, 0.05) is 6.42 Å². The Morgan fingerprint density at radius 2 is 2.08 bits per heavy atom. The fourth-order valence-corrected chi connectivity index (χ4v) is 3.54. The van der Waals surface area contributed by atoms with Gasteiger partial charge in [0.15, 0.2) is 5.13 Å². The number of carbonyl (C=O) groups is 1. The number of anilines is 1. The lowest BCUT2D eigenvalue weighted by Gasteiger charge is -2.07. The summed E-state index contributed by atoms with van der Waals surface area (Å²) in [6.07, 6.45) is 2.17. The lowest BCUT2D eigenvalue weighted by molar-refractivity contribution is -0.116. The highest BCUT2D eigenvalue weighted by molar-refractivity contribution is 7.22. The average molecular weight is 340 g/mol. The first-order chi connectivity index (χ1) is 11.7. The molecule has 3 aromatic rings. The maximum atomic E-state index is 12.1. The van der Waals surface area contributed by atoms with Crippen molar-refractivity contribution in [1.29, 1.82) is 0 Å². The summed E-state index contributed by atoms with van der Waals surface area (Å²) in [6, 6.07) is 14.0. The van der Waals surface area contributed by atoms with E-state index in [2.05, 4.69) is 22.4 Å². The van der Waals surface area contributed by atoms with Gasteiger partial charge in [-0.1, -0.05) is 35.6 Å². The number of carbonyl (C=O) groups excluding carboxylic acids is 1. The van der Waals surface area contributed by atoms with E-state index in [4.69, 9.17) is 4.74 Å². The minimum Gasteiger partial charge on any atom is -0.496 e. The van der Waals surface area contributed by atoms with Gasteiger partial charge in [-0.05, 0) is 49.1 Å². The molecule has 0 aliphatic heterocycles. The molecule has 0 unspecified atom stereocenters. The van der Waals surface area contributed by atoms with Crippen LogP contribution in [0.1, 0.15) is 24.0 Å². The molecule has 124 valence electrons. The van der Waals surface area contributed by atoms with E-state index in [0.29, 0.717) is 11.6 Å². The number of rotatable bonds is 6. The molecule has 1 amide bonds. The van der Waals surface area contributed by atoms with Gasteiger partial charge in [-0.25, -0.2) is 4.98 Å². The summed E-state index contributed by atoms with van der Waals surface area (Å²) in [4.78, 5) is 16.5. The molecule has 1 heterocycles. The van der Waals surface area contributed by atoms with Gasteiger partial charge in [0.05, 0.1) is 17.3 Å². The van der Waals surface area contributed by atoms with E-state index >= 15 is 0 Å². The molecule has 2 aromatic carbocycles. The molecule has 3 rings (SSSR count). The topological polar surface area (TPSA) is 51.2 Å². The van der Waals surface area contributed by atoms with Crippen molar-refractivity contribution < 1.29 is 9.53 Å². The van der Waals surface area contributed by atoms with Crippen molar-refractivity contribution >= 4 is 32.6 Å². The lowest BCUT2D eigenvalue weighted by Crippen LogP contribution is -2.11. The number of benzene rings is 2. The summed E-state index contributed by atoms with van der Waals surface area (Å²) in [7, 11) is 1.67. The molecular weight excluding hydrogens is 320 g/mol. The molecule has 0 bridgehead atoms. The molecule has 0 fully saturated rings. The van der Waals surface area contributed by atoms with Crippen molar-refractivity contribution in [2.45, 2.75) is 26.2 Å². The second kappa shape index (κ2) is 7.45. The lowest BCUT2D eigenvalue weighted by atomic mass is 10.0. The highest BCUT2D eigenvalue weighted by Gasteiger charge is 2.08. The number of fused-ring (bicyclic) bond motifs is 1. The summed E-state index contributed by atoms with van der Waals surface area (Å²) in [5.74, 6) is 0.909. The largest absolute Gasteiger partial charge is 0.496 e. The van der Waals surface area contributed by atoms with Gasteiger partial charge in [0.2, 0.25) is 5.91 Å². The molecule has 0 aliphatic carbocycles. The average Bonchev–Trinajstić information content (AvgIpc) is 2.97. The molecule has 0 atom stereocenters. The van der Waals surface area contributed by atoms with Crippen molar-refractivity contribution in [3.63, 3.8) is 0 Å². The first kappa shape index (κ1) is 16.5. The number of nitrogens with one attached hydrogen (secondary N) is 1. The zero-order valence-electron chi connectivity index (χ0n) is 13.8. The Hall–Kier alpha value is -2.40. The van der Waals surface area contributed by atoms with Gasteiger partial charge in [-0.3, -0.25) is 4.79 Å². The summed E-state index contributed by atoms with van der Waals surface area (Å²) in [6.45, 7) is 2.03. The number of aryl methyl sites for hydroxylation is 2. The van der Waals surface area contributed by atoms with Crippen LogP contribution in [0.2, 0.25) is 0 Å². The van der Waals surface area contributed by atoms with Gasteiger partial charge in [-0.2, -0.15) is 0 Å². The Morgan fingerprint density at radius 3 is 2.83 bits per heavy atom. The molecule has 0 saturated carbocycles. The van der Waals surface area contributed by atoms with E-state index in [-0.39, 0.29) is 5.91 Å². The van der Waals surface area contributed by atoms with E-state index in [0.717, 1.165) is 34.4 Å². The second-order valence-electron chi connectivity index (χ2n) is 5.69. The van der Waals surface area contributed by atoms with Crippen molar-refractivity contribution in [3.8, 4) is 5.75 Å². The number of ether oxygens (including phenoxy) is 1. The van der Waals surface area contributed by atoms with E-state index in [1.165, 1.54) is 16.9 Å². The van der Waals surface area contributed by atoms with Crippen LogP contribution >= 0.6 is 11.3 Å². The van der Waals surface area contributed by atoms with Gasteiger partial charge in [-0.15, -0.1) is 0 Å². The Bertz CT molecular complexity index is 824. The zero-order chi connectivity index (χ0) is 16.9. The van der Waals surface area contributed by atoms with Gasteiger partial charge < -0.3 is 10.1 Å². The standard InChI is InChI=1S/C19H20N2O2S/c1-13-12-14(10-11-16(13)23-2)6-5-9-18(22)21-19-20-15-7-3-4-8-17(15)24-19/h3-4,7-8,10-12H,5-6,9H2,1-2H3,(H,20,21,22). The third kappa shape index (κ3) is 3.92. The van der Waals surface area contributed by atoms with E-state index in [1.807, 2.05) is 37.3 Å². The van der Waals surface area contributed by atoms with E-state index in [9.17, 15) is 4.79 Å². The molecule has 0 radical (unpaired) electrons. The molecule has 1 aromatic heterocycles. The van der Waals surface area contributed by atoms with Crippen LogP contribution in [-0.2, 0) is 11.2 Å². The second-order valence-corrected chi connectivity index (χ2v) is 6.72. The highest BCUT2D eigenvalue weighted by Crippen LogP contribution is 2.25. The number of para-hydroxylation sites is 1. The van der Waals surface area contributed by atoms with E-state index < -0.39 is 0 Å². The summed E-state index contributed by atoms with van der Waals surface area (Å²) in [5.41, 5.74) is 3.27. The smallest absolute Gasteiger partial charge is 0.226 e. The quantitative estimate of drug-likeness (QED) is 0.715. The van der Waals surface area contributed by atoms with Gasteiger partial charge in [0.25, 0.3) is 0 Å². The fourth-order valence-electron chi connectivity index (χ4n) is 2.66. The van der Waals surface area contributed by atoms with Crippen LogP contribution in [0, 0.1) is 6.92 Å². The Labute approximate surface area is 145 Å². The predicted octanol–water partition coefficient (Wildman–Crippen LogP) is 4.57. The van der Waals surface area contributed by atoms with Gasteiger partial charge >= 0.3 is 0 Å². The maximum absolute atomic E-state index is 12.1. The highest BCUT2D eigenvalue weighted by atomic mass is 32.1. The number of hydrogen-bond donors (Lipinski definition) is 1. The Balaban J connectivity index is 1.51. The Morgan fingerprint density at radius 1 is 1.25 bits per heavy atom. The molecule has 0 saturated heterocycles. The minimum atomic E-state index is 0.0132. The summed E-state index contributed by atoms with van der Waals surface area (Å²) >= 11 is 1.50. The number of methoxy groups -OCH3 is 1. The van der Waals surface area contributed by atoms with Crippen LogP contribution in [0.5, 0.6) is 5.75 Å². The van der Waals surface area contributed by atoms with Crippen molar-refractivity contribution in [2.24, 2.45) is 0 Å². The van der Waals surface area contributed by atoms with Crippen LogP contribution in [0.3, 0.4) is 0 Å². The van der Waals surface area contributed by atoms with Crippen molar-refractivity contribution in [1.82, 2.24) is 4.98 Å². The molecular formula is C19H20N2O2S. The third-order valence-corrected chi connectivity index (χ3v) is 4.82. The van der Waals surface area contributed by atoms with Crippen molar-refractivity contribution in [3.05, 3.63) is 53.6 Å². The Kier molecular flexibility index (Phi) is 5.11. The SMILES string of the molecule is COc1ccc(CCCC(=O)Nc2nc3ccccc3s2)cc1C. The van der Waals surface area contributed by atoms with Crippen LogP contribution in [-0.4, -0.2) is 18.0 Å². The number of hydrogen-bond acceptors (Lipinski definition) is 4. The first-order valence-electron chi connectivity index (χ1n) is 7.94.